The van der Waals surface area contributed by atoms with E-state index in [1.54, 1.807) is 30.3 Å². The van der Waals surface area contributed by atoms with Gasteiger partial charge in [-0.3, -0.25) is 4.79 Å². The zero-order valence-corrected chi connectivity index (χ0v) is 21.8. The first kappa shape index (κ1) is 26.8. The van der Waals surface area contributed by atoms with Gasteiger partial charge in [-0.25, -0.2) is 13.8 Å². The van der Waals surface area contributed by atoms with E-state index in [9.17, 15) is 13.2 Å². The Labute approximate surface area is 223 Å². The molecule has 0 aliphatic rings. The first-order valence-electron chi connectivity index (χ1n) is 12.2. The lowest BCUT2D eigenvalue weighted by atomic mass is 10.1. The smallest absolute Gasteiger partial charge is 0.255 e. The Bertz CT molecular complexity index is 1470. The third kappa shape index (κ3) is 7.61. The van der Waals surface area contributed by atoms with Gasteiger partial charge in [-0.2, -0.15) is 9.41 Å². The van der Waals surface area contributed by atoms with E-state index in [4.69, 9.17) is 4.74 Å². The van der Waals surface area contributed by atoms with Gasteiger partial charge in [0.1, 0.15) is 11.5 Å². The quantitative estimate of drug-likeness (QED) is 0.215. The van der Waals surface area contributed by atoms with Crippen molar-refractivity contribution in [2.24, 2.45) is 5.10 Å². The molecule has 0 saturated heterocycles. The molecule has 1 N–H and O–H groups in total. The van der Waals surface area contributed by atoms with Crippen molar-refractivity contribution in [3.63, 3.8) is 0 Å². The summed E-state index contributed by atoms with van der Waals surface area (Å²) in [7, 11) is -3.89. The number of para-hydroxylation sites is 1. The number of benzene rings is 4. The molecule has 0 heterocycles. The number of aryl methyl sites for hydroxylation is 1. The Balaban J connectivity index is 1.42. The SMILES string of the molecule is Cc1ccc(S(=O)(=O)N(CCc2ccccc2)CC(=O)N/N=C\c2cccc(Oc3ccccc3)c2)cc1. The van der Waals surface area contributed by atoms with Crippen molar-refractivity contribution in [3.8, 4) is 11.5 Å². The summed E-state index contributed by atoms with van der Waals surface area (Å²) in [5, 5.41) is 4.03. The standard InChI is InChI=1S/C30H29N3O4S/c1-24-15-17-29(18-16-24)38(35,36)33(20-19-25-9-4-2-5-10-25)23-30(34)32-31-22-26-11-8-14-28(21-26)37-27-12-6-3-7-13-27/h2-18,21-22H,19-20,23H2,1H3,(H,32,34)/b31-22-. The maximum atomic E-state index is 13.4. The molecule has 4 aromatic carbocycles. The zero-order chi connectivity index (χ0) is 26.8. The highest BCUT2D eigenvalue weighted by Crippen LogP contribution is 2.21. The van der Waals surface area contributed by atoms with Crippen LogP contribution in [0.5, 0.6) is 11.5 Å². The number of nitrogens with one attached hydrogen (secondary N) is 1. The Morgan fingerprint density at radius 1 is 0.868 bits per heavy atom. The van der Waals surface area contributed by atoms with E-state index in [-0.39, 0.29) is 18.0 Å². The Hall–Kier alpha value is -4.27. The van der Waals surface area contributed by atoms with Gasteiger partial charge in [0, 0.05) is 6.54 Å². The van der Waals surface area contributed by atoms with Gasteiger partial charge >= 0.3 is 0 Å². The predicted octanol–water partition coefficient (Wildman–Crippen LogP) is 5.17. The third-order valence-electron chi connectivity index (χ3n) is 5.71. The van der Waals surface area contributed by atoms with Crippen molar-refractivity contribution in [1.82, 2.24) is 9.73 Å². The van der Waals surface area contributed by atoms with Crippen molar-refractivity contribution in [2.45, 2.75) is 18.2 Å². The monoisotopic (exact) mass is 527 g/mol. The minimum Gasteiger partial charge on any atom is -0.457 e. The largest absolute Gasteiger partial charge is 0.457 e. The van der Waals surface area contributed by atoms with Gasteiger partial charge in [-0.15, -0.1) is 0 Å². The van der Waals surface area contributed by atoms with Crippen LogP contribution in [0.3, 0.4) is 0 Å². The van der Waals surface area contributed by atoms with Crippen LogP contribution in [-0.2, 0) is 21.2 Å². The van der Waals surface area contributed by atoms with Gasteiger partial charge in [0.15, 0.2) is 0 Å². The summed E-state index contributed by atoms with van der Waals surface area (Å²) < 4.78 is 33.8. The summed E-state index contributed by atoms with van der Waals surface area (Å²) >= 11 is 0. The van der Waals surface area contributed by atoms with E-state index in [0.29, 0.717) is 23.5 Å². The lowest BCUT2D eigenvalue weighted by Crippen LogP contribution is -2.40. The van der Waals surface area contributed by atoms with Gasteiger partial charge in [0.2, 0.25) is 10.0 Å². The summed E-state index contributed by atoms with van der Waals surface area (Å²) in [6, 6.07) is 32.8. The Kier molecular flexibility index (Phi) is 9.02. The Morgan fingerprint density at radius 3 is 2.24 bits per heavy atom. The van der Waals surface area contributed by atoms with Gasteiger partial charge in [0.05, 0.1) is 17.7 Å². The zero-order valence-electron chi connectivity index (χ0n) is 21.0. The number of rotatable bonds is 11. The molecule has 0 unspecified atom stereocenters. The number of hydrogen-bond acceptors (Lipinski definition) is 5. The van der Waals surface area contributed by atoms with Crippen LogP contribution in [0.15, 0.2) is 119 Å². The molecule has 1 amide bonds. The molecular weight excluding hydrogens is 498 g/mol. The molecule has 0 radical (unpaired) electrons. The second-order valence-corrected chi connectivity index (χ2v) is 10.6. The van der Waals surface area contributed by atoms with E-state index >= 15 is 0 Å². The number of nitrogens with zero attached hydrogens (tertiary/aromatic N) is 2. The molecular formula is C30H29N3O4S. The first-order valence-corrected chi connectivity index (χ1v) is 13.6. The number of hydrazone groups is 1. The van der Waals surface area contributed by atoms with E-state index in [1.165, 1.54) is 10.5 Å². The molecule has 0 bridgehead atoms. The van der Waals surface area contributed by atoms with Crippen molar-refractivity contribution < 1.29 is 17.9 Å². The summed E-state index contributed by atoms with van der Waals surface area (Å²) in [5.41, 5.74) is 5.09. The molecule has 0 aliphatic carbocycles. The molecule has 38 heavy (non-hydrogen) atoms. The second-order valence-electron chi connectivity index (χ2n) is 8.67. The van der Waals surface area contributed by atoms with Gasteiger partial charge < -0.3 is 4.74 Å². The fourth-order valence-corrected chi connectivity index (χ4v) is 5.10. The third-order valence-corrected chi connectivity index (χ3v) is 7.57. The van der Waals surface area contributed by atoms with E-state index < -0.39 is 15.9 Å². The number of sulfonamides is 1. The summed E-state index contributed by atoms with van der Waals surface area (Å²) in [4.78, 5) is 12.9. The summed E-state index contributed by atoms with van der Waals surface area (Å²) in [6.07, 6.45) is 1.95. The minimum atomic E-state index is -3.89. The number of ether oxygens (including phenoxy) is 1. The molecule has 8 heteroatoms. The maximum absolute atomic E-state index is 13.4. The van der Waals surface area contributed by atoms with Crippen LogP contribution in [0.25, 0.3) is 0 Å². The van der Waals surface area contributed by atoms with Crippen LogP contribution in [0.4, 0.5) is 0 Å². The molecule has 0 atom stereocenters. The van der Waals surface area contributed by atoms with Crippen LogP contribution < -0.4 is 10.2 Å². The van der Waals surface area contributed by atoms with Crippen LogP contribution in [0.1, 0.15) is 16.7 Å². The fraction of sp³-hybridized carbons (Fsp3) is 0.133. The summed E-state index contributed by atoms with van der Waals surface area (Å²) in [6.45, 7) is 1.67. The lowest BCUT2D eigenvalue weighted by Gasteiger charge is -2.21. The molecule has 0 aromatic heterocycles. The first-order chi connectivity index (χ1) is 18.4. The normalized spacial score (nSPS) is 11.5. The molecule has 194 valence electrons. The second kappa shape index (κ2) is 12.8. The number of carbonyl (C=O) groups excluding carboxylic acids is 1. The van der Waals surface area contributed by atoms with Gasteiger partial charge in [0.25, 0.3) is 5.91 Å². The minimum absolute atomic E-state index is 0.141. The fourth-order valence-electron chi connectivity index (χ4n) is 3.70. The maximum Gasteiger partial charge on any atom is 0.255 e. The highest BCUT2D eigenvalue weighted by atomic mass is 32.2. The van der Waals surface area contributed by atoms with Crippen molar-refractivity contribution in [3.05, 3.63) is 126 Å². The topological polar surface area (TPSA) is 88.1 Å². The van der Waals surface area contributed by atoms with Crippen LogP contribution in [-0.4, -0.2) is 37.9 Å². The number of hydrogen-bond donors (Lipinski definition) is 1. The predicted molar refractivity (Wildman–Crippen MR) is 149 cm³/mol. The average Bonchev–Trinajstić information content (AvgIpc) is 2.92. The number of amides is 1. The molecule has 0 spiro atoms. The molecule has 4 aromatic rings. The molecule has 0 aliphatic heterocycles. The van der Waals surface area contributed by atoms with Crippen molar-refractivity contribution >= 4 is 22.1 Å². The highest BCUT2D eigenvalue weighted by molar-refractivity contribution is 7.89. The van der Waals surface area contributed by atoms with Gasteiger partial charge in [-0.1, -0.05) is 78.4 Å². The molecule has 4 rings (SSSR count). The van der Waals surface area contributed by atoms with Gasteiger partial charge in [-0.05, 0) is 60.9 Å². The van der Waals surface area contributed by atoms with Crippen LogP contribution in [0.2, 0.25) is 0 Å². The Morgan fingerprint density at radius 2 is 1.53 bits per heavy atom. The summed E-state index contributed by atoms with van der Waals surface area (Å²) in [5.74, 6) is 0.796. The highest BCUT2D eigenvalue weighted by Gasteiger charge is 2.26. The lowest BCUT2D eigenvalue weighted by molar-refractivity contribution is -0.121. The molecule has 0 saturated carbocycles. The number of carbonyl (C=O) groups is 1. The van der Waals surface area contributed by atoms with E-state index in [1.807, 2.05) is 85.8 Å². The van der Waals surface area contributed by atoms with Crippen LogP contribution in [0, 0.1) is 6.92 Å². The van der Waals surface area contributed by atoms with E-state index in [2.05, 4.69) is 10.5 Å². The average molecular weight is 528 g/mol. The van der Waals surface area contributed by atoms with Crippen LogP contribution >= 0.6 is 0 Å². The van der Waals surface area contributed by atoms with E-state index in [0.717, 1.165) is 11.1 Å². The van der Waals surface area contributed by atoms with Crippen molar-refractivity contribution in [1.29, 1.82) is 0 Å². The molecule has 0 fully saturated rings. The van der Waals surface area contributed by atoms with Crippen molar-refractivity contribution in [2.75, 3.05) is 13.1 Å². The molecule has 7 nitrogen and oxygen atoms in total.